The van der Waals surface area contributed by atoms with Crippen LogP contribution < -0.4 is 5.69 Å². The van der Waals surface area contributed by atoms with E-state index < -0.39 is 11.0 Å². The van der Waals surface area contributed by atoms with Crippen LogP contribution >= 0.6 is 0 Å². The molecule has 2 heterocycles. The van der Waals surface area contributed by atoms with Gasteiger partial charge >= 0.3 is 11.4 Å². The molecule has 2 aromatic heterocycles. The molecule has 0 radical (unpaired) electrons. The van der Waals surface area contributed by atoms with Crippen LogP contribution in [-0.2, 0) is 19.6 Å². The molecule has 9 nitrogen and oxygen atoms in total. The Morgan fingerprint density at radius 2 is 1.92 bits per heavy atom. The third-order valence-corrected chi connectivity index (χ3v) is 3.86. The number of hydrogen-bond acceptors (Lipinski definition) is 5. The first-order valence-corrected chi connectivity index (χ1v) is 7.54. The van der Waals surface area contributed by atoms with E-state index in [-0.39, 0.29) is 24.5 Å². The lowest BCUT2D eigenvalue weighted by Crippen LogP contribution is -2.30. The Kier molecular flexibility index (Phi) is 4.17. The van der Waals surface area contributed by atoms with Crippen molar-refractivity contribution in [2.75, 3.05) is 0 Å². The standard InChI is InChI=1S/C15H17N5O4/c1-2-18-13-5-3-4-6-14(13)19(15(18)22)10-12(21)9-17-8-11(7-16-17)20(23)24/h3-8,12,21H,2,9-10H2,1H3/t12-/m1/s1. The number of hydrogen-bond donors (Lipinski definition) is 1. The quantitative estimate of drug-likeness (QED) is 0.535. The predicted molar refractivity (Wildman–Crippen MR) is 86.8 cm³/mol. The summed E-state index contributed by atoms with van der Waals surface area (Å²) in [6, 6.07) is 7.38. The lowest BCUT2D eigenvalue weighted by atomic mass is 10.3. The molecule has 0 saturated heterocycles. The van der Waals surface area contributed by atoms with E-state index in [1.165, 1.54) is 15.4 Å². The lowest BCUT2D eigenvalue weighted by molar-refractivity contribution is -0.385. The van der Waals surface area contributed by atoms with Crippen LogP contribution in [0.4, 0.5) is 5.69 Å². The minimum atomic E-state index is -0.904. The Hall–Kier alpha value is -2.94. The van der Waals surface area contributed by atoms with Gasteiger partial charge in [0.1, 0.15) is 12.4 Å². The number of para-hydroxylation sites is 2. The summed E-state index contributed by atoms with van der Waals surface area (Å²) >= 11 is 0. The molecule has 0 aliphatic heterocycles. The molecular formula is C15H17N5O4. The second kappa shape index (κ2) is 6.28. The minimum absolute atomic E-state index is 0.0614. The smallest absolute Gasteiger partial charge is 0.329 e. The summed E-state index contributed by atoms with van der Waals surface area (Å²) in [5, 5.41) is 24.8. The number of nitro groups is 1. The normalized spacial score (nSPS) is 12.6. The van der Waals surface area contributed by atoms with E-state index in [1.807, 2.05) is 31.2 Å². The van der Waals surface area contributed by atoms with Gasteiger partial charge in [0.15, 0.2) is 0 Å². The van der Waals surface area contributed by atoms with Crippen molar-refractivity contribution >= 4 is 16.7 Å². The molecule has 0 aliphatic carbocycles. The van der Waals surface area contributed by atoms with Crippen molar-refractivity contribution in [2.24, 2.45) is 0 Å². The van der Waals surface area contributed by atoms with Gasteiger partial charge in [-0.25, -0.2) is 4.79 Å². The third kappa shape index (κ3) is 2.81. The van der Waals surface area contributed by atoms with E-state index in [0.29, 0.717) is 6.54 Å². The molecular weight excluding hydrogens is 314 g/mol. The van der Waals surface area contributed by atoms with E-state index in [1.54, 1.807) is 4.57 Å². The second-order valence-electron chi connectivity index (χ2n) is 5.46. The summed E-state index contributed by atoms with van der Waals surface area (Å²) in [5.41, 5.74) is 1.23. The van der Waals surface area contributed by atoms with Crippen molar-refractivity contribution in [3.8, 4) is 0 Å². The van der Waals surface area contributed by atoms with Gasteiger partial charge in [-0.05, 0) is 19.1 Å². The van der Waals surface area contributed by atoms with Gasteiger partial charge in [0, 0.05) is 6.54 Å². The molecule has 0 bridgehead atoms. The first kappa shape index (κ1) is 15.9. The van der Waals surface area contributed by atoms with E-state index >= 15 is 0 Å². The van der Waals surface area contributed by atoms with E-state index in [2.05, 4.69) is 5.10 Å². The molecule has 3 rings (SSSR count). The highest BCUT2D eigenvalue weighted by Gasteiger charge is 2.16. The van der Waals surface area contributed by atoms with Crippen molar-refractivity contribution < 1.29 is 10.0 Å². The molecule has 1 N–H and O–H groups in total. The minimum Gasteiger partial charge on any atom is -0.389 e. The van der Waals surface area contributed by atoms with Crippen LogP contribution in [0.2, 0.25) is 0 Å². The zero-order valence-corrected chi connectivity index (χ0v) is 13.1. The summed E-state index contributed by atoms with van der Waals surface area (Å²) in [6.07, 6.45) is 1.47. The molecule has 0 fully saturated rings. The predicted octanol–water partition coefficient (Wildman–Crippen LogP) is 0.989. The monoisotopic (exact) mass is 331 g/mol. The summed E-state index contributed by atoms with van der Waals surface area (Å²) in [7, 11) is 0. The number of imidazole rings is 1. The van der Waals surface area contributed by atoms with Gasteiger partial charge in [-0.2, -0.15) is 5.10 Å². The fourth-order valence-electron chi connectivity index (χ4n) is 2.79. The van der Waals surface area contributed by atoms with Crippen LogP contribution in [0.15, 0.2) is 41.5 Å². The number of aliphatic hydroxyl groups excluding tert-OH is 1. The Labute approximate surface area is 136 Å². The molecule has 1 atom stereocenters. The molecule has 0 aliphatic rings. The van der Waals surface area contributed by atoms with Crippen molar-refractivity contribution in [3.63, 3.8) is 0 Å². The fourth-order valence-corrected chi connectivity index (χ4v) is 2.79. The Morgan fingerprint density at radius 1 is 1.25 bits per heavy atom. The van der Waals surface area contributed by atoms with E-state index in [0.717, 1.165) is 17.2 Å². The van der Waals surface area contributed by atoms with E-state index in [9.17, 15) is 20.0 Å². The Bertz CT molecular complexity index is 939. The Morgan fingerprint density at radius 3 is 2.50 bits per heavy atom. The highest BCUT2D eigenvalue weighted by atomic mass is 16.6. The van der Waals surface area contributed by atoms with Crippen LogP contribution in [-0.4, -0.2) is 35.0 Å². The van der Waals surface area contributed by atoms with Crippen LogP contribution in [0.1, 0.15) is 6.92 Å². The number of rotatable bonds is 6. The fraction of sp³-hybridized carbons (Fsp3) is 0.333. The maximum absolute atomic E-state index is 12.5. The largest absolute Gasteiger partial charge is 0.389 e. The van der Waals surface area contributed by atoms with Crippen molar-refractivity contribution in [2.45, 2.75) is 32.7 Å². The molecule has 0 spiro atoms. The average Bonchev–Trinajstić information content (AvgIpc) is 3.11. The molecule has 9 heteroatoms. The molecule has 126 valence electrons. The van der Waals surface area contributed by atoms with Gasteiger partial charge in [-0.3, -0.25) is 23.9 Å². The van der Waals surface area contributed by atoms with Gasteiger partial charge in [0.05, 0.1) is 35.2 Å². The first-order chi connectivity index (χ1) is 11.5. The zero-order valence-electron chi connectivity index (χ0n) is 13.1. The van der Waals surface area contributed by atoms with Gasteiger partial charge in [-0.1, -0.05) is 12.1 Å². The van der Waals surface area contributed by atoms with Gasteiger partial charge in [-0.15, -0.1) is 0 Å². The van der Waals surface area contributed by atoms with Crippen molar-refractivity contribution in [3.05, 3.63) is 57.3 Å². The molecule has 0 unspecified atom stereocenters. The lowest BCUT2D eigenvalue weighted by Gasteiger charge is -2.11. The number of aryl methyl sites for hydroxylation is 1. The number of fused-ring (bicyclic) bond motifs is 1. The molecule has 0 amide bonds. The van der Waals surface area contributed by atoms with Gasteiger partial charge in [0.2, 0.25) is 0 Å². The molecule has 24 heavy (non-hydrogen) atoms. The number of aliphatic hydroxyl groups is 1. The molecule has 1 aromatic carbocycles. The SMILES string of the molecule is CCn1c(=O)n(C[C@H](O)Cn2cc([N+](=O)[O-])cn2)c2ccccc21. The highest BCUT2D eigenvalue weighted by molar-refractivity contribution is 5.75. The molecule has 3 aromatic rings. The average molecular weight is 331 g/mol. The van der Waals surface area contributed by atoms with Crippen LogP contribution in [0.3, 0.4) is 0 Å². The van der Waals surface area contributed by atoms with Crippen LogP contribution in [0.5, 0.6) is 0 Å². The maximum Gasteiger partial charge on any atom is 0.329 e. The maximum atomic E-state index is 12.5. The first-order valence-electron chi connectivity index (χ1n) is 7.54. The van der Waals surface area contributed by atoms with Crippen LogP contribution in [0.25, 0.3) is 11.0 Å². The summed E-state index contributed by atoms with van der Waals surface area (Å²) in [4.78, 5) is 22.6. The second-order valence-corrected chi connectivity index (χ2v) is 5.46. The number of benzene rings is 1. The van der Waals surface area contributed by atoms with Gasteiger partial charge in [0.25, 0.3) is 0 Å². The number of aromatic nitrogens is 4. The van der Waals surface area contributed by atoms with E-state index in [4.69, 9.17) is 0 Å². The molecule has 0 saturated carbocycles. The zero-order chi connectivity index (χ0) is 17.3. The summed E-state index contributed by atoms with van der Waals surface area (Å²) < 4.78 is 4.45. The topological polar surface area (TPSA) is 108 Å². The summed E-state index contributed by atoms with van der Waals surface area (Å²) in [5.74, 6) is 0. The highest BCUT2D eigenvalue weighted by Crippen LogP contribution is 2.14. The number of nitrogens with zero attached hydrogens (tertiary/aromatic N) is 5. The third-order valence-electron chi connectivity index (χ3n) is 3.86. The Balaban J connectivity index is 1.85. The van der Waals surface area contributed by atoms with Gasteiger partial charge < -0.3 is 5.11 Å². The van der Waals surface area contributed by atoms with Crippen molar-refractivity contribution in [1.29, 1.82) is 0 Å². The summed E-state index contributed by atoms with van der Waals surface area (Å²) in [6.45, 7) is 2.57. The van der Waals surface area contributed by atoms with Crippen LogP contribution in [0, 0.1) is 10.1 Å². The van der Waals surface area contributed by atoms with Crippen molar-refractivity contribution in [1.82, 2.24) is 18.9 Å².